The lowest BCUT2D eigenvalue weighted by molar-refractivity contribution is 0.0685. The molecule has 0 saturated carbocycles. The van der Waals surface area contributed by atoms with Crippen LogP contribution in [0.3, 0.4) is 0 Å². The van der Waals surface area contributed by atoms with Crippen LogP contribution in [0.2, 0.25) is 0 Å². The zero-order valence-corrected chi connectivity index (χ0v) is 8.28. The number of nitrogens with zero attached hydrogens (tertiary/aromatic N) is 1. The van der Waals surface area contributed by atoms with Gasteiger partial charge in [-0.1, -0.05) is 15.9 Å². The van der Waals surface area contributed by atoms with Crippen molar-refractivity contribution in [1.82, 2.24) is 4.98 Å². The van der Waals surface area contributed by atoms with Gasteiger partial charge in [-0.2, -0.15) is 0 Å². The van der Waals surface area contributed by atoms with E-state index in [9.17, 15) is 9.59 Å². The zero-order valence-electron chi connectivity index (χ0n) is 6.69. The predicted molar refractivity (Wildman–Crippen MR) is 49.5 cm³/mol. The second-order valence-corrected chi connectivity index (χ2v) is 3.08. The highest BCUT2D eigenvalue weighted by Gasteiger charge is 2.11. The Kier molecular flexibility index (Phi) is 4.19. The van der Waals surface area contributed by atoms with E-state index in [0.29, 0.717) is 4.47 Å². The van der Waals surface area contributed by atoms with E-state index >= 15 is 0 Å². The van der Waals surface area contributed by atoms with E-state index in [1.54, 1.807) is 0 Å². The molecule has 0 aliphatic rings. The standard InChI is InChI=1S/C7H4BrNO4.H2O/c8-3-1-4(6(10)11)9-5(2-3)7(12)13;/h1-2H,(H,10,11)(H,12,13);1H2. The number of carboxylic acid groups (broad SMARTS) is 2. The zero-order chi connectivity index (χ0) is 10.0. The van der Waals surface area contributed by atoms with Gasteiger partial charge in [0.25, 0.3) is 0 Å². The number of carboxylic acids is 2. The Hall–Kier alpha value is -1.47. The summed E-state index contributed by atoms with van der Waals surface area (Å²) in [7, 11) is 0. The Bertz CT molecular complexity index is 346. The van der Waals surface area contributed by atoms with E-state index in [0.717, 1.165) is 0 Å². The van der Waals surface area contributed by atoms with Crippen molar-refractivity contribution in [2.24, 2.45) is 0 Å². The number of hydrogen-bond donors (Lipinski definition) is 2. The molecule has 0 aliphatic carbocycles. The van der Waals surface area contributed by atoms with Gasteiger partial charge >= 0.3 is 11.9 Å². The lowest BCUT2D eigenvalue weighted by Crippen LogP contribution is -2.07. The molecule has 0 spiro atoms. The molecule has 1 aromatic rings. The van der Waals surface area contributed by atoms with Gasteiger partial charge in [0.05, 0.1) is 0 Å². The van der Waals surface area contributed by atoms with E-state index in [4.69, 9.17) is 10.2 Å². The van der Waals surface area contributed by atoms with E-state index < -0.39 is 11.9 Å². The molecular weight excluding hydrogens is 258 g/mol. The van der Waals surface area contributed by atoms with Crippen molar-refractivity contribution in [1.29, 1.82) is 0 Å². The van der Waals surface area contributed by atoms with Gasteiger partial charge in [0.15, 0.2) is 0 Å². The van der Waals surface area contributed by atoms with Crippen LogP contribution in [-0.2, 0) is 0 Å². The lowest BCUT2D eigenvalue weighted by atomic mass is 10.3. The van der Waals surface area contributed by atoms with Gasteiger partial charge < -0.3 is 15.7 Å². The summed E-state index contributed by atoms with van der Waals surface area (Å²) in [6, 6.07) is 2.46. The minimum atomic E-state index is -1.26. The summed E-state index contributed by atoms with van der Waals surface area (Å²) < 4.78 is 0.373. The maximum Gasteiger partial charge on any atom is 0.354 e. The summed E-state index contributed by atoms with van der Waals surface area (Å²) in [4.78, 5) is 24.3. The van der Waals surface area contributed by atoms with Crippen LogP contribution in [-0.4, -0.2) is 32.6 Å². The lowest BCUT2D eigenvalue weighted by Gasteiger charge is -1.97. The van der Waals surface area contributed by atoms with Crippen LogP contribution in [0.15, 0.2) is 16.6 Å². The van der Waals surface area contributed by atoms with Crippen LogP contribution in [0, 0.1) is 0 Å². The first-order valence-corrected chi connectivity index (χ1v) is 3.94. The highest BCUT2D eigenvalue weighted by molar-refractivity contribution is 9.10. The summed E-state index contributed by atoms with van der Waals surface area (Å²) in [6.07, 6.45) is 0. The third kappa shape index (κ3) is 2.79. The van der Waals surface area contributed by atoms with Crippen molar-refractivity contribution >= 4 is 27.9 Å². The van der Waals surface area contributed by atoms with Gasteiger partial charge in [-0.05, 0) is 12.1 Å². The van der Waals surface area contributed by atoms with E-state index in [-0.39, 0.29) is 16.9 Å². The Morgan fingerprint density at radius 2 is 1.50 bits per heavy atom. The van der Waals surface area contributed by atoms with Crippen molar-refractivity contribution in [2.75, 3.05) is 0 Å². The Morgan fingerprint density at radius 1 is 1.14 bits per heavy atom. The minimum absolute atomic E-state index is 0. The molecule has 76 valence electrons. The van der Waals surface area contributed by atoms with Crippen LogP contribution in [0.1, 0.15) is 21.0 Å². The molecule has 0 fully saturated rings. The van der Waals surface area contributed by atoms with Crippen molar-refractivity contribution < 1.29 is 25.3 Å². The average molecular weight is 264 g/mol. The van der Waals surface area contributed by atoms with Gasteiger partial charge in [-0.3, -0.25) is 0 Å². The first-order valence-electron chi connectivity index (χ1n) is 3.15. The molecule has 7 heteroatoms. The maximum absolute atomic E-state index is 10.5. The largest absolute Gasteiger partial charge is 0.477 e. The molecule has 0 atom stereocenters. The minimum Gasteiger partial charge on any atom is -0.477 e. The number of aromatic nitrogens is 1. The Morgan fingerprint density at radius 3 is 1.79 bits per heavy atom. The van der Waals surface area contributed by atoms with E-state index in [1.807, 2.05) is 0 Å². The quantitative estimate of drug-likeness (QED) is 0.801. The molecule has 0 aromatic carbocycles. The number of hydrogen-bond acceptors (Lipinski definition) is 3. The number of rotatable bonds is 2. The SMILES string of the molecule is O.O=C(O)c1cc(Br)cc(C(=O)O)n1. The summed E-state index contributed by atoms with van der Waals surface area (Å²) >= 11 is 2.98. The maximum atomic E-state index is 10.5. The van der Waals surface area contributed by atoms with Gasteiger partial charge in [-0.15, -0.1) is 0 Å². The van der Waals surface area contributed by atoms with Crippen molar-refractivity contribution in [3.8, 4) is 0 Å². The van der Waals surface area contributed by atoms with Gasteiger partial charge in [0.2, 0.25) is 0 Å². The average Bonchev–Trinajstić information content (AvgIpc) is 2.03. The monoisotopic (exact) mass is 263 g/mol. The van der Waals surface area contributed by atoms with Crippen LogP contribution in [0.4, 0.5) is 0 Å². The summed E-state index contributed by atoms with van der Waals surface area (Å²) in [6.45, 7) is 0. The highest BCUT2D eigenvalue weighted by Crippen LogP contribution is 2.12. The fraction of sp³-hybridized carbons (Fsp3) is 0. The van der Waals surface area contributed by atoms with Crippen molar-refractivity contribution in [3.05, 3.63) is 28.0 Å². The topological polar surface area (TPSA) is 119 Å². The van der Waals surface area contributed by atoms with Crippen LogP contribution in [0.25, 0.3) is 0 Å². The van der Waals surface area contributed by atoms with Gasteiger partial charge in [0, 0.05) is 4.47 Å². The molecule has 0 saturated heterocycles. The fourth-order valence-corrected chi connectivity index (χ4v) is 1.15. The molecule has 0 amide bonds. The van der Waals surface area contributed by atoms with Crippen molar-refractivity contribution in [3.63, 3.8) is 0 Å². The van der Waals surface area contributed by atoms with Crippen molar-refractivity contribution in [2.45, 2.75) is 0 Å². The molecule has 1 aromatic heterocycles. The third-order valence-corrected chi connectivity index (χ3v) is 1.69. The molecule has 1 heterocycles. The normalized spacial score (nSPS) is 8.93. The van der Waals surface area contributed by atoms with Gasteiger partial charge in [0.1, 0.15) is 11.4 Å². The number of carbonyl (C=O) groups is 2. The number of aromatic carboxylic acids is 2. The summed E-state index contributed by atoms with van der Waals surface area (Å²) in [5.41, 5.74) is -0.599. The Balaban J connectivity index is 0.00000169. The molecule has 14 heavy (non-hydrogen) atoms. The second-order valence-electron chi connectivity index (χ2n) is 2.17. The van der Waals surface area contributed by atoms with E-state index in [2.05, 4.69) is 20.9 Å². The molecule has 0 bridgehead atoms. The third-order valence-electron chi connectivity index (χ3n) is 1.23. The fourth-order valence-electron chi connectivity index (χ4n) is 0.716. The smallest absolute Gasteiger partial charge is 0.354 e. The van der Waals surface area contributed by atoms with Crippen LogP contribution in [0.5, 0.6) is 0 Å². The molecule has 1 rings (SSSR count). The molecule has 0 unspecified atom stereocenters. The first-order chi connectivity index (χ1) is 6.00. The van der Waals surface area contributed by atoms with Crippen LogP contribution < -0.4 is 0 Å². The number of pyridine rings is 1. The first kappa shape index (κ1) is 12.5. The molecule has 0 aliphatic heterocycles. The second kappa shape index (κ2) is 4.68. The Labute approximate surface area is 86.6 Å². The summed E-state index contributed by atoms with van der Waals surface area (Å²) in [5, 5.41) is 17.1. The van der Waals surface area contributed by atoms with E-state index in [1.165, 1.54) is 12.1 Å². The van der Waals surface area contributed by atoms with Gasteiger partial charge in [-0.25, -0.2) is 14.6 Å². The molecule has 4 N–H and O–H groups in total. The molecular formula is C7H6BrNO5. The predicted octanol–water partition coefficient (Wildman–Crippen LogP) is 0.416. The van der Waals surface area contributed by atoms with Crippen LogP contribution >= 0.6 is 15.9 Å². The molecule has 6 nitrogen and oxygen atoms in total. The summed E-state index contributed by atoms with van der Waals surface area (Å²) in [5.74, 6) is -2.52. The molecule has 0 radical (unpaired) electrons. The number of halogens is 1. The highest BCUT2D eigenvalue weighted by atomic mass is 79.9.